The highest BCUT2D eigenvalue weighted by atomic mass is 35.5. The summed E-state index contributed by atoms with van der Waals surface area (Å²) in [5.41, 5.74) is 4.23. The van der Waals surface area contributed by atoms with Gasteiger partial charge in [-0.1, -0.05) is 39.6 Å². The molecule has 0 aliphatic rings. The van der Waals surface area contributed by atoms with Gasteiger partial charge < -0.3 is 30.3 Å². The number of carboxylic acid groups (broad SMARTS) is 1. The molecule has 0 atom stereocenters. The Kier molecular flexibility index (Phi) is 16.3. The van der Waals surface area contributed by atoms with Gasteiger partial charge in [-0.3, -0.25) is 29.6 Å². The van der Waals surface area contributed by atoms with Crippen LogP contribution in [0, 0.1) is 15.9 Å². The van der Waals surface area contributed by atoms with E-state index in [2.05, 4.69) is 20.6 Å². The zero-order chi connectivity index (χ0) is 42.1. The van der Waals surface area contributed by atoms with Crippen LogP contribution in [0.3, 0.4) is 0 Å². The molecular formula is C27H26Cl2F7N8O9PS. The summed E-state index contributed by atoms with van der Waals surface area (Å²) in [5.74, 6) is -2.49. The lowest BCUT2D eigenvalue weighted by atomic mass is 10.2. The number of carbonyl (C=O) groups is 2. The Bertz CT molecular complexity index is 1990. The summed E-state index contributed by atoms with van der Waals surface area (Å²) in [6, 6.07) is 6.29. The minimum atomic E-state index is -4.63. The van der Waals surface area contributed by atoms with E-state index in [9.17, 15) is 55.0 Å². The molecule has 302 valence electrons. The van der Waals surface area contributed by atoms with E-state index < -0.39 is 84.1 Å². The van der Waals surface area contributed by atoms with E-state index in [0.717, 1.165) is 10.9 Å². The van der Waals surface area contributed by atoms with E-state index in [1.54, 1.807) is 13.8 Å². The van der Waals surface area contributed by atoms with Crippen molar-refractivity contribution in [2.45, 2.75) is 32.2 Å². The normalized spacial score (nSPS) is 11.6. The number of rotatable bonds is 11. The Balaban J connectivity index is 0.000000309. The first kappa shape index (κ1) is 46.5. The molecule has 4 rings (SSSR count). The maximum absolute atomic E-state index is 13.0. The van der Waals surface area contributed by atoms with E-state index >= 15 is 0 Å². The van der Waals surface area contributed by atoms with Crippen LogP contribution in [-0.2, 0) is 26.5 Å². The number of ether oxygens (including phenoxy) is 1. The summed E-state index contributed by atoms with van der Waals surface area (Å²) >= 11 is 11.7. The molecule has 55 heavy (non-hydrogen) atoms. The second kappa shape index (κ2) is 19.3. The minimum Gasteiger partial charge on any atom is -0.480 e. The zero-order valence-electron chi connectivity index (χ0n) is 27.5. The van der Waals surface area contributed by atoms with Crippen molar-refractivity contribution < 1.29 is 69.4 Å². The first-order valence-electron chi connectivity index (χ1n) is 14.4. The van der Waals surface area contributed by atoms with Crippen LogP contribution in [-0.4, -0.2) is 77.2 Å². The lowest BCUT2D eigenvalue weighted by Gasteiger charge is -2.26. The van der Waals surface area contributed by atoms with E-state index in [1.165, 1.54) is 29.2 Å². The van der Waals surface area contributed by atoms with E-state index in [-0.39, 0.29) is 38.3 Å². The van der Waals surface area contributed by atoms with Gasteiger partial charge in [0, 0.05) is 11.7 Å². The SMILES string of the molecule is CC(C)N(C(=O)COc1nnc(C(F)(F)F)s1)c1ccc(F)cc1.Nc1c([N+](=O)[O-])cnn1-c1c(Cl)cc(C(F)(F)F)cc1Cl.O=C(O)CNCP(=O)(O)O. The number of aromatic nitrogens is 4. The van der Waals surface area contributed by atoms with Gasteiger partial charge in [-0.2, -0.15) is 31.4 Å². The van der Waals surface area contributed by atoms with Gasteiger partial charge in [-0.15, -0.1) is 5.10 Å². The molecule has 0 fully saturated rings. The Labute approximate surface area is 317 Å². The lowest BCUT2D eigenvalue weighted by molar-refractivity contribution is -0.383. The number of hydrogen-bond acceptors (Lipinski definition) is 12. The predicted molar refractivity (Wildman–Crippen MR) is 182 cm³/mol. The van der Waals surface area contributed by atoms with Crippen molar-refractivity contribution in [2.75, 3.05) is 30.1 Å². The smallest absolute Gasteiger partial charge is 0.445 e. The van der Waals surface area contributed by atoms with Crippen molar-refractivity contribution in [3.63, 3.8) is 0 Å². The van der Waals surface area contributed by atoms with Crippen molar-refractivity contribution >= 4 is 71.2 Å². The Morgan fingerprint density at radius 3 is 2.07 bits per heavy atom. The molecule has 0 spiro atoms. The minimum absolute atomic E-state index is 0.170. The number of benzene rings is 2. The molecule has 1 amide bonds. The summed E-state index contributed by atoms with van der Waals surface area (Å²) in [6.07, 6.45) is -8.99. The van der Waals surface area contributed by atoms with E-state index in [0.29, 0.717) is 17.8 Å². The van der Waals surface area contributed by atoms with Crippen LogP contribution in [0.2, 0.25) is 10.0 Å². The summed E-state index contributed by atoms with van der Waals surface area (Å²) in [4.78, 5) is 49.7. The molecule has 0 aliphatic heterocycles. The van der Waals surface area contributed by atoms with Crippen LogP contribution in [0.15, 0.2) is 42.6 Å². The Hall–Kier alpha value is -4.65. The first-order valence-corrected chi connectivity index (χ1v) is 17.7. The summed E-state index contributed by atoms with van der Waals surface area (Å²) in [7, 11) is -4.10. The maximum Gasteiger partial charge on any atom is 0.445 e. The number of alkyl halides is 6. The second-order valence-corrected chi connectivity index (χ2v) is 13.9. The molecule has 28 heteroatoms. The Morgan fingerprint density at radius 1 is 1.09 bits per heavy atom. The molecule has 0 saturated carbocycles. The van der Waals surface area contributed by atoms with Crippen molar-refractivity contribution in [1.29, 1.82) is 0 Å². The number of hydrogen-bond donors (Lipinski definition) is 5. The Morgan fingerprint density at radius 2 is 1.65 bits per heavy atom. The predicted octanol–water partition coefficient (Wildman–Crippen LogP) is 6.00. The number of nitrogens with two attached hydrogens (primary N) is 1. The van der Waals surface area contributed by atoms with Gasteiger partial charge in [-0.25, -0.2) is 9.07 Å². The highest BCUT2D eigenvalue weighted by molar-refractivity contribution is 7.51. The monoisotopic (exact) mass is 872 g/mol. The van der Waals surface area contributed by atoms with Gasteiger partial charge in [0.05, 0.1) is 33.4 Å². The average molecular weight is 873 g/mol. The van der Waals surface area contributed by atoms with Crippen molar-refractivity contribution in [3.8, 4) is 10.9 Å². The fraction of sp³-hybridized carbons (Fsp3) is 0.296. The van der Waals surface area contributed by atoms with Gasteiger partial charge in [0.25, 0.3) is 11.1 Å². The molecule has 4 aromatic rings. The molecule has 0 unspecified atom stereocenters. The number of amides is 1. The summed E-state index contributed by atoms with van der Waals surface area (Å²) in [6.45, 7) is 2.54. The van der Waals surface area contributed by atoms with Gasteiger partial charge >= 0.3 is 31.6 Å². The van der Waals surface area contributed by atoms with Crippen LogP contribution >= 0.6 is 42.1 Å². The quantitative estimate of drug-likeness (QED) is 0.0502. The number of carbonyl (C=O) groups excluding carboxylic acids is 1. The largest absolute Gasteiger partial charge is 0.480 e. The van der Waals surface area contributed by atoms with Gasteiger partial charge in [0.1, 0.15) is 17.7 Å². The summed E-state index contributed by atoms with van der Waals surface area (Å²) < 4.78 is 104. The number of aliphatic carboxylic acids is 1. The van der Waals surface area contributed by atoms with Crippen LogP contribution in [0.5, 0.6) is 5.19 Å². The molecule has 0 radical (unpaired) electrons. The third-order valence-corrected chi connectivity index (χ3v) is 8.08. The molecule has 0 bridgehead atoms. The van der Waals surface area contributed by atoms with E-state index in [1.807, 2.05) is 0 Å². The number of nitrogens with one attached hydrogen (secondary N) is 1. The fourth-order valence-corrected chi connectivity index (χ4v) is 5.43. The molecule has 17 nitrogen and oxygen atoms in total. The fourth-order valence-electron chi connectivity index (χ4n) is 3.82. The molecule has 2 aromatic heterocycles. The number of halogens is 9. The molecule has 6 N–H and O–H groups in total. The number of carboxylic acids is 1. The van der Waals surface area contributed by atoms with Crippen molar-refractivity contribution in [1.82, 2.24) is 25.3 Å². The molecule has 2 heterocycles. The highest BCUT2D eigenvalue weighted by Crippen LogP contribution is 2.39. The van der Waals surface area contributed by atoms with Crippen LogP contribution < -0.4 is 20.7 Å². The molecule has 0 saturated heterocycles. The first-order chi connectivity index (χ1) is 25.2. The second-order valence-electron chi connectivity index (χ2n) is 10.5. The van der Waals surface area contributed by atoms with Crippen molar-refractivity contribution in [3.05, 3.63) is 79.1 Å². The van der Waals surface area contributed by atoms with Crippen LogP contribution in [0.4, 0.5) is 47.9 Å². The molecular weight excluding hydrogens is 847 g/mol. The van der Waals surface area contributed by atoms with E-state index in [4.69, 9.17) is 48.6 Å². The number of nitrogens with zero attached hydrogens (tertiary/aromatic N) is 6. The number of anilines is 2. The van der Waals surface area contributed by atoms with Crippen LogP contribution in [0.1, 0.15) is 24.4 Å². The molecule has 0 aliphatic carbocycles. The highest BCUT2D eigenvalue weighted by Gasteiger charge is 2.36. The standard InChI is InChI=1S/C14H13F4N3O2S.C10H5Cl2F3N4O2.C3H8NO5P/c1-8(2)21(10-5-3-9(15)4-6-10)11(22)7-23-13-20-19-12(24-13)14(16,17)18;11-5-1-4(10(13,14)15)2-6(12)8(5)18-9(16)7(3-17-18)19(20)21;5-3(6)1-4-2-10(7,8)9/h3-6,8H,7H2,1-2H3;1-3H,16H2;4H,1-2H2,(H,5,6)(H2,7,8,9). The van der Waals surface area contributed by atoms with Gasteiger partial charge in [0.15, 0.2) is 6.61 Å². The van der Waals surface area contributed by atoms with Crippen LogP contribution in [0.25, 0.3) is 5.69 Å². The summed E-state index contributed by atoms with van der Waals surface area (Å²) in [5, 5.41) is 28.3. The maximum atomic E-state index is 13.0. The van der Waals surface area contributed by atoms with Gasteiger partial charge in [0.2, 0.25) is 10.8 Å². The topological polar surface area (TPSA) is 249 Å². The average Bonchev–Trinajstić information content (AvgIpc) is 3.67. The number of nitrogen functional groups attached to an aromatic ring is 1. The van der Waals surface area contributed by atoms with Crippen molar-refractivity contribution in [2.24, 2.45) is 0 Å². The lowest BCUT2D eigenvalue weighted by Crippen LogP contribution is -2.40. The molecule has 2 aromatic carbocycles. The zero-order valence-corrected chi connectivity index (χ0v) is 30.8. The number of nitro groups is 1. The van der Waals surface area contributed by atoms with Gasteiger partial charge in [-0.05, 0) is 50.2 Å². The third-order valence-electron chi connectivity index (χ3n) is 5.99. The third kappa shape index (κ3) is 14.5.